The predicted molar refractivity (Wildman–Crippen MR) is 109 cm³/mol. The standard InChI is InChI=1S/C23H17N3O5/c27-20(25-12-14-4-3-5-16(10-14)23(30)31)15-7-8-18-19(11-15)22(29)26(21(18)28)13-17-6-1-2-9-24-17/h1-11H,12-13H2,(H,25,27)(H,30,31). The van der Waals surface area contributed by atoms with Crippen LogP contribution in [0.5, 0.6) is 0 Å². The van der Waals surface area contributed by atoms with E-state index in [-0.39, 0.29) is 35.3 Å². The molecule has 0 bridgehead atoms. The highest BCUT2D eigenvalue weighted by molar-refractivity contribution is 6.22. The third-order valence-corrected chi connectivity index (χ3v) is 4.91. The minimum absolute atomic E-state index is 0.0502. The topological polar surface area (TPSA) is 117 Å². The Morgan fingerprint density at radius 2 is 1.71 bits per heavy atom. The molecule has 31 heavy (non-hydrogen) atoms. The highest BCUT2D eigenvalue weighted by Crippen LogP contribution is 2.25. The van der Waals surface area contributed by atoms with Crippen LogP contribution in [0.4, 0.5) is 0 Å². The van der Waals surface area contributed by atoms with Crippen LogP contribution >= 0.6 is 0 Å². The van der Waals surface area contributed by atoms with Gasteiger partial charge in [-0.1, -0.05) is 18.2 Å². The highest BCUT2D eigenvalue weighted by Gasteiger charge is 2.36. The van der Waals surface area contributed by atoms with Gasteiger partial charge in [0.2, 0.25) is 0 Å². The van der Waals surface area contributed by atoms with Crippen LogP contribution in [0, 0.1) is 0 Å². The third-order valence-electron chi connectivity index (χ3n) is 4.91. The Morgan fingerprint density at radius 1 is 0.903 bits per heavy atom. The fourth-order valence-corrected chi connectivity index (χ4v) is 3.33. The molecule has 0 saturated carbocycles. The average Bonchev–Trinajstić information content (AvgIpc) is 3.02. The number of carboxylic acids is 1. The van der Waals surface area contributed by atoms with E-state index in [1.165, 1.54) is 30.3 Å². The first-order valence-corrected chi connectivity index (χ1v) is 9.44. The molecule has 0 spiro atoms. The molecule has 2 aromatic carbocycles. The Morgan fingerprint density at radius 3 is 2.45 bits per heavy atom. The molecular weight excluding hydrogens is 398 g/mol. The van der Waals surface area contributed by atoms with Crippen LogP contribution in [-0.2, 0) is 13.1 Å². The van der Waals surface area contributed by atoms with Crippen molar-refractivity contribution in [3.8, 4) is 0 Å². The molecular formula is C23H17N3O5. The van der Waals surface area contributed by atoms with Gasteiger partial charge in [0.25, 0.3) is 17.7 Å². The van der Waals surface area contributed by atoms with E-state index in [0.29, 0.717) is 11.3 Å². The number of amides is 3. The second-order valence-electron chi connectivity index (χ2n) is 6.97. The molecule has 2 N–H and O–H groups in total. The summed E-state index contributed by atoms with van der Waals surface area (Å²) < 4.78 is 0. The second-order valence-corrected chi connectivity index (χ2v) is 6.97. The number of aromatic carboxylic acids is 1. The summed E-state index contributed by atoms with van der Waals surface area (Å²) in [5.74, 6) is -2.39. The van der Waals surface area contributed by atoms with Gasteiger partial charge in [0.1, 0.15) is 0 Å². The zero-order valence-corrected chi connectivity index (χ0v) is 16.2. The van der Waals surface area contributed by atoms with E-state index in [2.05, 4.69) is 10.3 Å². The smallest absolute Gasteiger partial charge is 0.335 e. The van der Waals surface area contributed by atoms with Crippen LogP contribution in [0.3, 0.4) is 0 Å². The van der Waals surface area contributed by atoms with Gasteiger partial charge in [-0.05, 0) is 48.0 Å². The van der Waals surface area contributed by atoms with E-state index in [0.717, 1.165) is 4.90 Å². The number of hydrogen-bond donors (Lipinski definition) is 2. The fraction of sp³-hybridized carbons (Fsp3) is 0.0870. The summed E-state index contributed by atoms with van der Waals surface area (Å²) in [7, 11) is 0. The number of imide groups is 1. The largest absolute Gasteiger partial charge is 0.478 e. The monoisotopic (exact) mass is 415 g/mol. The molecule has 0 aliphatic carbocycles. The molecule has 4 rings (SSSR count). The van der Waals surface area contributed by atoms with Gasteiger partial charge in [0.15, 0.2) is 0 Å². The molecule has 1 aliphatic heterocycles. The summed E-state index contributed by atoms with van der Waals surface area (Å²) in [6.07, 6.45) is 1.59. The van der Waals surface area contributed by atoms with Crippen molar-refractivity contribution in [3.63, 3.8) is 0 Å². The molecule has 0 fully saturated rings. The first kappa shape index (κ1) is 20.0. The maximum Gasteiger partial charge on any atom is 0.335 e. The van der Waals surface area contributed by atoms with Crippen molar-refractivity contribution >= 4 is 23.7 Å². The second kappa shape index (κ2) is 8.19. The lowest BCUT2D eigenvalue weighted by atomic mass is 10.1. The lowest BCUT2D eigenvalue weighted by Crippen LogP contribution is -2.29. The van der Waals surface area contributed by atoms with Crippen LogP contribution in [-0.4, -0.2) is 38.7 Å². The summed E-state index contributed by atoms with van der Waals surface area (Å²) in [6.45, 7) is 0.171. The number of rotatable bonds is 6. The van der Waals surface area contributed by atoms with E-state index >= 15 is 0 Å². The van der Waals surface area contributed by atoms with Gasteiger partial charge in [-0.15, -0.1) is 0 Å². The number of carbonyl (C=O) groups is 4. The van der Waals surface area contributed by atoms with Gasteiger partial charge in [-0.2, -0.15) is 0 Å². The van der Waals surface area contributed by atoms with Gasteiger partial charge in [-0.25, -0.2) is 4.79 Å². The molecule has 3 aromatic rings. The third kappa shape index (κ3) is 4.04. The molecule has 2 heterocycles. The Hall–Kier alpha value is -4.33. The zero-order chi connectivity index (χ0) is 22.0. The molecule has 8 heteroatoms. The quantitative estimate of drug-likeness (QED) is 0.598. The van der Waals surface area contributed by atoms with E-state index < -0.39 is 23.7 Å². The Balaban J connectivity index is 1.48. The normalized spacial score (nSPS) is 12.6. The molecule has 0 atom stereocenters. The number of hydrogen-bond acceptors (Lipinski definition) is 5. The van der Waals surface area contributed by atoms with Crippen LogP contribution < -0.4 is 5.32 Å². The van der Waals surface area contributed by atoms with Gasteiger partial charge in [0, 0.05) is 18.3 Å². The average molecular weight is 415 g/mol. The lowest BCUT2D eigenvalue weighted by molar-refractivity contribution is 0.0637. The summed E-state index contributed by atoms with van der Waals surface area (Å²) in [5.41, 5.74) is 1.98. The number of nitrogens with one attached hydrogen (secondary N) is 1. The molecule has 8 nitrogen and oxygen atoms in total. The number of pyridine rings is 1. The number of benzene rings is 2. The van der Waals surface area contributed by atoms with E-state index in [4.69, 9.17) is 5.11 Å². The van der Waals surface area contributed by atoms with Crippen molar-refractivity contribution in [2.24, 2.45) is 0 Å². The van der Waals surface area contributed by atoms with Crippen molar-refractivity contribution in [3.05, 3.63) is 100 Å². The van der Waals surface area contributed by atoms with Gasteiger partial charge >= 0.3 is 5.97 Å². The molecule has 0 saturated heterocycles. The van der Waals surface area contributed by atoms with Gasteiger partial charge in [0.05, 0.1) is 28.9 Å². The Bertz CT molecular complexity index is 1210. The van der Waals surface area contributed by atoms with Crippen molar-refractivity contribution in [2.75, 3.05) is 0 Å². The van der Waals surface area contributed by atoms with E-state index in [1.54, 1.807) is 36.5 Å². The molecule has 0 unspecified atom stereocenters. The van der Waals surface area contributed by atoms with E-state index in [1.807, 2.05) is 0 Å². The van der Waals surface area contributed by atoms with E-state index in [9.17, 15) is 19.2 Å². The molecule has 154 valence electrons. The SMILES string of the molecule is O=C(O)c1cccc(CNC(=O)c2ccc3c(c2)C(=O)N(Cc2ccccn2)C3=O)c1. The van der Waals surface area contributed by atoms with Crippen molar-refractivity contribution in [1.29, 1.82) is 0 Å². The first-order chi connectivity index (χ1) is 14.9. The summed E-state index contributed by atoms with van der Waals surface area (Å²) in [4.78, 5) is 54.2. The summed E-state index contributed by atoms with van der Waals surface area (Å²) in [6, 6.07) is 15.8. The summed E-state index contributed by atoms with van der Waals surface area (Å²) in [5, 5.41) is 11.8. The number of carbonyl (C=O) groups excluding carboxylic acids is 3. The number of nitrogens with zero attached hydrogens (tertiary/aromatic N) is 2. The first-order valence-electron chi connectivity index (χ1n) is 9.44. The summed E-state index contributed by atoms with van der Waals surface area (Å²) >= 11 is 0. The van der Waals surface area contributed by atoms with Gasteiger partial charge < -0.3 is 10.4 Å². The van der Waals surface area contributed by atoms with Crippen molar-refractivity contribution in [1.82, 2.24) is 15.2 Å². The van der Waals surface area contributed by atoms with Gasteiger partial charge in [-0.3, -0.25) is 24.3 Å². The van der Waals surface area contributed by atoms with Crippen LogP contribution in [0.25, 0.3) is 0 Å². The van der Waals surface area contributed by atoms with Crippen LogP contribution in [0.15, 0.2) is 66.9 Å². The number of carboxylic acid groups (broad SMARTS) is 1. The molecule has 1 aromatic heterocycles. The zero-order valence-electron chi connectivity index (χ0n) is 16.2. The Labute approximate surface area is 177 Å². The maximum atomic E-state index is 12.8. The Kier molecular flexibility index (Phi) is 5.28. The predicted octanol–water partition coefficient (Wildman–Crippen LogP) is 2.51. The van der Waals surface area contributed by atoms with Crippen molar-refractivity contribution in [2.45, 2.75) is 13.1 Å². The fourth-order valence-electron chi connectivity index (χ4n) is 3.33. The van der Waals surface area contributed by atoms with Crippen LogP contribution in [0.1, 0.15) is 52.7 Å². The minimum Gasteiger partial charge on any atom is -0.478 e. The van der Waals surface area contributed by atoms with Crippen LogP contribution in [0.2, 0.25) is 0 Å². The lowest BCUT2D eigenvalue weighted by Gasteiger charge is -2.12. The molecule has 3 amide bonds. The maximum absolute atomic E-state index is 12.8. The number of fused-ring (bicyclic) bond motifs is 1. The molecule has 1 aliphatic rings. The molecule has 0 radical (unpaired) electrons. The number of aromatic nitrogens is 1. The minimum atomic E-state index is -1.05. The van der Waals surface area contributed by atoms with Crippen molar-refractivity contribution < 1.29 is 24.3 Å². The highest BCUT2D eigenvalue weighted by atomic mass is 16.4.